The van der Waals surface area contributed by atoms with Gasteiger partial charge >= 0.3 is 6.03 Å². The molecule has 1 aliphatic heterocycles. The van der Waals surface area contributed by atoms with Crippen LogP contribution < -0.4 is 21.3 Å². The highest BCUT2D eigenvalue weighted by molar-refractivity contribution is 7.92. The smallest absolute Gasteiger partial charge is 0.315 e. The Morgan fingerprint density at radius 2 is 1.51 bits per heavy atom. The van der Waals surface area contributed by atoms with E-state index in [0.717, 1.165) is 12.8 Å². The molecule has 5 amide bonds. The Hall–Kier alpha value is -2.96. The Balaban J connectivity index is 2.38. The number of carbonyl (C=O) groups excluding carboxylic acids is 5. The van der Waals surface area contributed by atoms with Crippen molar-refractivity contribution < 1.29 is 32.4 Å². The number of hydrogen-bond donors (Lipinski definition) is 4. The van der Waals surface area contributed by atoms with Gasteiger partial charge in [0.2, 0.25) is 17.6 Å². The summed E-state index contributed by atoms with van der Waals surface area (Å²) in [6.45, 7) is 23.8. The van der Waals surface area contributed by atoms with Crippen molar-refractivity contribution in [3.8, 4) is 0 Å². The normalized spacial score (nSPS) is 21.0. The number of amides is 5. The molecule has 0 spiro atoms. The van der Waals surface area contributed by atoms with Gasteiger partial charge in [-0.1, -0.05) is 67.4 Å². The average molecular weight is 710 g/mol. The summed E-state index contributed by atoms with van der Waals surface area (Å²) in [5.74, 6) is -2.66. The van der Waals surface area contributed by atoms with Crippen molar-refractivity contribution in [1.29, 1.82) is 0 Å². The molecule has 0 radical (unpaired) electrons. The molecule has 0 aromatic carbocycles. The first-order chi connectivity index (χ1) is 22.3. The summed E-state index contributed by atoms with van der Waals surface area (Å²) in [4.78, 5) is 69.3. The van der Waals surface area contributed by atoms with E-state index < -0.39 is 73.2 Å². The van der Waals surface area contributed by atoms with E-state index in [2.05, 4.69) is 27.8 Å². The van der Waals surface area contributed by atoms with Gasteiger partial charge in [0.05, 0.1) is 22.1 Å². The number of rotatable bonds is 16. The maximum absolute atomic E-state index is 14.4. The molecule has 280 valence electrons. The van der Waals surface area contributed by atoms with E-state index in [9.17, 15) is 32.4 Å². The van der Waals surface area contributed by atoms with Crippen LogP contribution in [0.4, 0.5) is 4.79 Å². The highest BCUT2D eigenvalue weighted by Gasteiger charge is 2.48. The molecule has 13 heteroatoms. The van der Waals surface area contributed by atoms with Crippen LogP contribution in [0, 0.1) is 29.1 Å². The second kappa shape index (κ2) is 16.4. The van der Waals surface area contributed by atoms with Crippen LogP contribution in [0.1, 0.15) is 108 Å². The third kappa shape index (κ3) is 11.8. The molecule has 1 saturated carbocycles. The Morgan fingerprint density at radius 3 is 1.98 bits per heavy atom. The van der Waals surface area contributed by atoms with Crippen LogP contribution in [0.15, 0.2) is 12.7 Å². The van der Waals surface area contributed by atoms with Gasteiger partial charge in [-0.2, -0.15) is 0 Å². The first-order valence-corrected chi connectivity index (χ1v) is 19.3. The largest absolute Gasteiger partial charge is 0.346 e. The molecule has 1 heterocycles. The monoisotopic (exact) mass is 709 g/mol. The molecular formula is C36H63N5O7S. The Labute approximate surface area is 294 Å². The summed E-state index contributed by atoms with van der Waals surface area (Å²) in [5.41, 5.74) is -1.90. The molecule has 5 atom stereocenters. The van der Waals surface area contributed by atoms with Crippen LogP contribution in [0.5, 0.6) is 0 Å². The minimum Gasteiger partial charge on any atom is -0.346 e. The van der Waals surface area contributed by atoms with Crippen molar-refractivity contribution in [2.75, 3.05) is 18.8 Å². The van der Waals surface area contributed by atoms with Gasteiger partial charge in [-0.05, 0) is 76.0 Å². The van der Waals surface area contributed by atoms with Crippen LogP contribution in [-0.4, -0.2) is 90.1 Å². The molecule has 1 aliphatic carbocycles. The summed E-state index contributed by atoms with van der Waals surface area (Å²) in [6, 6.07) is -3.69. The fourth-order valence-electron chi connectivity index (χ4n) is 6.62. The average Bonchev–Trinajstić information content (AvgIpc) is 3.64. The van der Waals surface area contributed by atoms with Crippen molar-refractivity contribution in [3.05, 3.63) is 12.7 Å². The third-order valence-corrected chi connectivity index (χ3v) is 12.4. The molecule has 1 saturated heterocycles. The second-order valence-electron chi connectivity index (χ2n) is 17.2. The number of likely N-dealkylation sites (tertiary alicyclic amines) is 1. The van der Waals surface area contributed by atoms with E-state index in [1.165, 1.54) is 11.0 Å². The Kier molecular flexibility index (Phi) is 14.1. The molecule has 2 aliphatic rings. The van der Waals surface area contributed by atoms with E-state index in [1.807, 2.05) is 48.5 Å². The molecule has 2 rings (SSSR count). The minimum absolute atomic E-state index is 0.0212. The lowest BCUT2D eigenvalue weighted by molar-refractivity contribution is -0.144. The highest BCUT2D eigenvalue weighted by atomic mass is 32.2. The lowest BCUT2D eigenvalue weighted by Gasteiger charge is -2.39. The minimum atomic E-state index is -3.61. The molecular weight excluding hydrogens is 646 g/mol. The maximum atomic E-state index is 14.4. The molecule has 4 N–H and O–H groups in total. The number of sulfone groups is 1. The lowest BCUT2D eigenvalue weighted by Crippen LogP contribution is -2.63. The van der Waals surface area contributed by atoms with E-state index >= 15 is 0 Å². The number of Topliss-reactive ketones (excluding diaryl/α,β-unsaturated/α-hetero) is 1. The van der Waals surface area contributed by atoms with E-state index in [4.69, 9.17) is 0 Å². The molecule has 2 fully saturated rings. The summed E-state index contributed by atoms with van der Waals surface area (Å²) in [7, 11) is -3.61. The summed E-state index contributed by atoms with van der Waals surface area (Å²) in [5, 5.41) is 11.1. The van der Waals surface area contributed by atoms with Crippen molar-refractivity contribution >= 4 is 39.4 Å². The fourth-order valence-corrected chi connectivity index (χ4v) is 8.08. The number of ketones is 1. The van der Waals surface area contributed by atoms with Crippen LogP contribution in [0.3, 0.4) is 0 Å². The molecule has 0 bridgehead atoms. The van der Waals surface area contributed by atoms with Gasteiger partial charge in [0, 0.05) is 13.1 Å². The third-order valence-electron chi connectivity index (χ3n) is 9.49. The topological polar surface area (TPSA) is 171 Å². The number of nitrogens with zero attached hydrogens (tertiary/aromatic N) is 1. The summed E-state index contributed by atoms with van der Waals surface area (Å²) >= 11 is 0. The summed E-state index contributed by atoms with van der Waals surface area (Å²) in [6.07, 6.45) is 4.56. The zero-order chi connectivity index (χ0) is 37.7. The van der Waals surface area contributed by atoms with Crippen molar-refractivity contribution in [3.63, 3.8) is 0 Å². The fraction of sp³-hybridized carbons (Fsp3) is 0.806. The molecule has 1 unspecified atom stereocenters. The Bertz CT molecular complexity index is 1340. The van der Waals surface area contributed by atoms with Gasteiger partial charge in [0.25, 0.3) is 5.91 Å². The predicted octanol–water partition coefficient (Wildman–Crippen LogP) is 3.75. The van der Waals surface area contributed by atoms with E-state index in [0.29, 0.717) is 19.3 Å². The Morgan fingerprint density at radius 1 is 0.918 bits per heavy atom. The SMILES string of the molecule is C=CCNC(=O)C(=O)C(CC1CC1)NC(=O)[C@@H]1[C@@H](C(C)C)CCN1C(=O)[C@@H](NC(=O)N[C@@](C)(CC(C)C)CS(=O)(=O)C(C)(C)C)C(C)(C)C. The van der Waals surface area contributed by atoms with Crippen LogP contribution in [0.25, 0.3) is 0 Å². The molecule has 0 aromatic heterocycles. The zero-order valence-electron chi connectivity index (χ0n) is 31.7. The summed E-state index contributed by atoms with van der Waals surface area (Å²) < 4.78 is 25.4. The van der Waals surface area contributed by atoms with E-state index in [-0.39, 0.29) is 42.5 Å². The van der Waals surface area contributed by atoms with Gasteiger partial charge in [-0.15, -0.1) is 6.58 Å². The predicted molar refractivity (Wildman–Crippen MR) is 192 cm³/mol. The number of hydrogen-bond acceptors (Lipinski definition) is 7. The molecule has 12 nitrogen and oxygen atoms in total. The van der Waals surface area contributed by atoms with Crippen molar-refractivity contribution in [1.82, 2.24) is 26.2 Å². The highest BCUT2D eigenvalue weighted by Crippen LogP contribution is 2.36. The van der Waals surface area contributed by atoms with Crippen LogP contribution in [0.2, 0.25) is 0 Å². The zero-order valence-corrected chi connectivity index (χ0v) is 32.5. The van der Waals surface area contributed by atoms with Gasteiger partial charge in [-0.25, -0.2) is 13.2 Å². The van der Waals surface area contributed by atoms with Gasteiger partial charge in [-0.3, -0.25) is 19.2 Å². The van der Waals surface area contributed by atoms with Crippen LogP contribution in [-0.2, 0) is 29.0 Å². The molecule has 49 heavy (non-hydrogen) atoms. The van der Waals surface area contributed by atoms with E-state index in [1.54, 1.807) is 27.7 Å². The standard InChI is InChI=1S/C36H63N5O7S/c1-13-17-37-31(44)28(42)26(19-24-14-15-24)38-30(43)27-25(23(4)5)16-18-41(27)32(45)29(34(6,7)8)39-33(46)40-36(12,20-22(2)3)21-49(47,48)35(9,10)11/h13,22-27,29H,1,14-21H2,2-12H3,(H,37,44)(H,38,43)(H2,39,40,46)/t25-,26?,27+,29-,36+/m1/s1. The van der Waals surface area contributed by atoms with Gasteiger partial charge in [0.1, 0.15) is 12.1 Å². The number of carbonyl (C=O) groups is 5. The van der Waals surface area contributed by atoms with Crippen LogP contribution >= 0.6 is 0 Å². The van der Waals surface area contributed by atoms with Crippen molar-refractivity contribution in [2.24, 2.45) is 29.1 Å². The quantitative estimate of drug-likeness (QED) is 0.140. The van der Waals surface area contributed by atoms with Crippen molar-refractivity contribution in [2.45, 2.75) is 137 Å². The second-order valence-corrected chi connectivity index (χ2v) is 19.9. The first-order valence-electron chi connectivity index (χ1n) is 17.7. The molecule has 0 aromatic rings. The van der Waals surface area contributed by atoms with Gasteiger partial charge < -0.3 is 26.2 Å². The first kappa shape index (κ1) is 42.2. The van der Waals surface area contributed by atoms with Gasteiger partial charge in [0.15, 0.2) is 9.84 Å². The lowest BCUT2D eigenvalue weighted by atomic mass is 9.84. The maximum Gasteiger partial charge on any atom is 0.315 e. The number of nitrogens with one attached hydrogen (secondary N) is 4. The number of urea groups is 1.